The van der Waals surface area contributed by atoms with Crippen molar-refractivity contribution in [3.05, 3.63) is 84.5 Å². The molecule has 3 rings (SSSR count). The monoisotopic (exact) mass is 431 g/mol. The summed E-state index contributed by atoms with van der Waals surface area (Å²) in [5, 5.41) is 29.5. The molecular formula is C18H14ClN5O6. The fraction of sp³-hybridized carbons (Fsp3) is 0.111. The number of carbonyl (C=O) groups is 2. The van der Waals surface area contributed by atoms with Crippen molar-refractivity contribution in [2.45, 2.75) is 13.0 Å². The number of nitro benzene ring substituents is 2. The second-order valence-electron chi connectivity index (χ2n) is 6.30. The number of nitro groups is 2. The van der Waals surface area contributed by atoms with Crippen LogP contribution in [0.5, 0.6) is 0 Å². The van der Waals surface area contributed by atoms with Gasteiger partial charge in [0, 0.05) is 29.6 Å². The van der Waals surface area contributed by atoms with E-state index >= 15 is 0 Å². The zero-order valence-electron chi connectivity index (χ0n) is 15.3. The molecule has 3 amide bonds. The van der Waals surface area contributed by atoms with Gasteiger partial charge in [-0.15, -0.1) is 0 Å². The van der Waals surface area contributed by atoms with E-state index in [1.165, 1.54) is 49.4 Å². The standard InChI is InChI=1S/C18H14ClN5O6/c1-9-15(17(25)21-11-3-5-12(6-4-11)23(27)28)16(22-18(26)20-9)10-2-7-13(19)14(8-10)24(29)30/h2-8,16H,1H3,(H,21,25)(H2,20,22,26)/t16-/m0/s1. The summed E-state index contributed by atoms with van der Waals surface area (Å²) >= 11 is 5.85. The lowest BCUT2D eigenvalue weighted by molar-refractivity contribution is -0.385. The van der Waals surface area contributed by atoms with Crippen LogP contribution in [0.25, 0.3) is 0 Å². The van der Waals surface area contributed by atoms with Crippen LogP contribution in [0.15, 0.2) is 53.7 Å². The Bertz CT molecular complexity index is 1100. The summed E-state index contributed by atoms with van der Waals surface area (Å²) in [6, 6.07) is 7.60. The molecule has 0 spiro atoms. The number of urea groups is 1. The van der Waals surface area contributed by atoms with Gasteiger partial charge in [0.05, 0.1) is 21.5 Å². The third-order valence-corrected chi connectivity index (χ3v) is 4.67. The van der Waals surface area contributed by atoms with Crippen molar-refractivity contribution in [1.29, 1.82) is 0 Å². The largest absolute Gasteiger partial charge is 0.327 e. The van der Waals surface area contributed by atoms with Crippen LogP contribution in [-0.4, -0.2) is 21.8 Å². The highest BCUT2D eigenvalue weighted by molar-refractivity contribution is 6.32. The molecule has 2 aromatic rings. The van der Waals surface area contributed by atoms with Gasteiger partial charge in [0.1, 0.15) is 5.02 Å². The first-order valence-electron chi connectivity index (χ1n) is 8.45. The number of hydrogen-bond donors (Lipinski definition) is 3. The molecule has 3 N–H and O–H groups in total. The van der Waals surface area contributed by atoms with Crippen LogP contribution in [0, 0.1) is 20.2 Å². The number of rotatable bonds is 5. The van der Waals surface area contributed by atoms with Gasteiger partial charge in [-0.25, -0.2) is 4.79 Å². The Hall–Kier alpha value is -3.99. The summed E-state index contributed by atoms with van der Waals surface area (Å²) in [6.07, 6.45) is 0. The van der Waals surface area contributed by atoms with E-state index in [9.17, 15) is 29.8 Å². The number of hydrogen-bond acceptors (Lipinski definition) is 6. The minimum atomic E-state index is -0.979. The molecule has 11 nitrogen and oxygen atoms in total. The van der Waals surface area contributed by atoms with Gasteiger partial charge in [-0.2, -0.15) is 0 Å². The van der Waals surface area contributed by atoms with Crippen LogP contribution in [0.1, 0.15) is 18.5 Å². The lowest BCUT2D eigenvalue weighted by atomic mass is 9.94. The number of allylic oxidation sites excluding steroid dienone is 1. The maximum atomic E-state index is 12.9. The van der Waals surface area contributed by atoms with E-state index in [-0.39, 0.29) is 33.2 Å². The number of nitrogens with zero attached hydrogens (tertiary/aromatic N) is 2. The molecule has 0 bridgehead atoms. The van der Waals surface area contributed by atoms with Crippen LogP contribution in [0.4, 0.5) is 21.9 Å². The van der Waals surface area contributed by atoms with Gasteiger partial charge >= 0.3 is 6.03 Å². The van der Waals surface area contributed by atoms with Gasteiger partial charge in [-0.3, -0.25) is 25.0 Å². The molecule has 1 atom stereocenters. The molecule has 0 saturated carbocycles. The number of nitrogens with one attached hydrogen (secondary N) is 3. The summed E-state index contributed by atoms with van der Waals surface area (Å²) in [5.41, 5.74) is 0.444. The van der Waals surface area contributed by atoms with Crippen LogP contribution >= 0.6 is 11.6 Å². The topological polar surface area (TPSA) is 157 Å². The first-order valence-corrected chi connectivity index (χ1v) is 8.83. The summed E-state index contributed by atoms with van der Waals surface area (Å²) in [6.45, 7) is 1.51. The molecular weight excluding hydrogens is 418 g/mol. The number of benzene rings is 2. The molecule has 0 fully saturated rings. The molecule has 12 heteroatoms. The number of non-ortho nitro benzene ring substituents is 1. The van der Waals surface area contributed by atoms with Crippen molar-refractivity contribution in [2.75, 3.05) is 5.32 Å². The lowest BCUT2D eigenvalue weighted by Gasteiger charge is -2.28. The van der Waals surface area contributed by atoms with Crippen LogP contribution < -0.4 is 16.0 Å². The van der Waals surface area contributed by atoms with Crippen molar-refractivity contribution in [3.8, 4) is 0 Å². The molecule has 30 heavy (non-hydrogen) atoms. The fourth-order valence-corrected chi connectivity index (χ4v) is 3.15. The summed E-state index contributed by atoms with van der Waals surface area (Å²) in [4.78, 5) is 45.6. The van der Waals surface area contributed by atoms with Crippen molar-refractivity contribution >= 4 is 40.6 Å². The van der Waals surface area contributed by atoms with E-state index in [1.807, 2.05) is 0 Å². The minimum absolute atomic E-state index is 0.0819. The zero-order chi connectivity index (χ0) is 22.0. The third kappa shape index (κ3) is 4.20. The highest BCUT2D eigenvalue weighted by Gasteiger charge is 2.32. The Balaban J connectivity index is 1.95. The van der Waals surface area contributed by atoms with Crippen molar-refractivity contribution < 1.29 is 19.4 Å². The first-order chi connectivity index (χ1) is 14.2. The van der Waals surface area contributed by atoms with Crippen molar-refractivity contribution in [2.24, 2.45) is 0 Å². The second-order valence-corrected chi connectivity index (χ2v) is 6.70. The van der Waals surface area contributed by atoms with Crippen molar-refractivity contribution in [1.82, 2.24) is 10.6 Å². The molecule has 1 aliphatic heterocycles. The normalized spacial score (nSPS) is 15.8. The highest BCUT2D eigenvalue weighted by Crippen LogP contribution is 2.33. The van der Waals surface area contributed by atoms with E-state index in [4.69, 9.17) is 11.6 Å². The highest BCUT2D eigenvalue weighted by atomic mass is 35.5. The Labute approximate surface area is 174 Å². The van der Waals surface area contributed by atoms with Gasteiger partial charge < -0.3 is 16.0 Å². The average Bonchev–Trinajstić information content (AvgIpc) is 2.67. The van der Waals surface area contributed by atoms with Crippen LogP contribution in [0.2, 0.25) is 5.02 Å². The van der Waals surface area contributed by atoms with Crippen LogP contribution in [0.3, 0.4) is 0 Å². The average molecular weight is 432 g/mol. The number of amides is 3. The van der Waals surface area contributed by atoms with Gasteiger partial charge in [-0.05, 0) is 30.7 Å². The van der Waals surface area contributed by atoms with E-state index in [0.29, 0.717) is 5.69 Å². The van der Waals surface area contributed by atoms with E-state index < -0.39 is 27.8 Å². The Morgan fingerprint density at radius 3 is 2.37 bits per heavy atom. The second kappa shape index (κ2) is 8.17. The molecule has 0 saturated heterocycles. The van der Waals surface area contributed by atoms with E-state index in [2.05, 4.69) is 16.0 Å². The van der Waals surface area contributed by atoms with E-state index in [0.717, 1.165) is 0 Å². The minimum Gasteiger partial charge on any atom is -0.327 e. The zero-order valence-corrected chi connectivity index (χ0v) is 16.1. The number of carbonyl (C=O) groups excluding carboxylic acids is 2. The summed E-state index contributed by atoms with van der Waals surface area (Å²) in [7, 11) is 0. The third-order valence-electron chi connectivity index (χ3n) is 4.35. The smallest absolute Gasteiger partial charge is 0.319 e. The number of anilines is 1. The predicted molar refractivity (Wildman–Crippen MR) is 107 cm³/mol. The Kier molecular flexibility index (Phi) is 5.65. The predicted octanol–water partition coefficient (Wildman–Crippen LogP) is 3.42. The Morgan fingerprint density at radius 1 is 1.10 bits per heavy atom. The molecule has 2 aromatic carbocycles. The molecule has 154 valence electrons. The molecule has 1 heterocycles. The Morgan fingerprint density at radius 2 is 1.77 bits per heavy atom. The van der Waals surface area contributed by atoms with Gasteiger partial charge in [0.2, 0.25) is 0 Å². The summed E-state index contributed by atoms with van der Waals surface area (Å²) in [5.74, 6) is -0.601. The maximum absolute atomic E-state index is 12.9. The van der Waals surface area contributed by atoms with E-state index in [1.54, 1.807) is 0 Å². The lowest BCUT2D eigenvalue weighted by Crippen LogP contribution is -2.46. The molecule has 0 unspecified atom stereocenters. The van der Waals surface area contributed by atoms with Gasteiger partial charge in [-0.1, -0.05) is 17.7 Å². The molecule has 0 radical (unpaired) electrons. The van der Waals surface area contributed by atoms with Gasteiger partial charge in [0.15, 0.2) is 0 Å². The maximum Gasteiger partial charge on any atom is 0.319 e. The van der Waals surface area contributed by atoms with Crippen molar-refractivity contribution in [3.63, 3.8) is 0 Å². The summed E-state index contributed by atoms with van der Waals surface area (Å²) < 4.78 is 0. The molecule has 0 aliphatic carbocycles. The number of halogens is 1. The van der Waals surface area contributed by atoms with Crippen LogP contribution in [-0.2, 0) is 4.79 Å². The quantitative estimate of drug-likeness (QED) is 0.486. The molecule has 0 aromatic heterocycles. The van der Waals surface area contributed by atoms with Gasteiger partial charge in [0.25, 0.3) is 17.3 Å². The molecule has 1 aliphatic rings. The first kappa shape index (κ1) is 20.7. The SMILES string of the molecule is CC1=C(C(=O)Nc2ccc([N+](=O)[O-])cc2)[C@H](c2ccc(Cl)c([N+](=O)[O-])c2)NC(=O)N1. The fourth-order valence-electron chi connectivity index (χ4n) is 2.96.